The predicted octanol–water partition coefficient (Wildman–Crippen LogP) is 2.83. The number of phenolic OH excluding ortho intramolecular Hbond substituents is 1. The van der Waals surface area contributed by atoms with Gasteiger partial charge in [0.15, 0.2) is 5.78 Å². The highest BCUT2D eigenvalue weighted by Crippen LogP contribution is 2.26. The van der Waals surface area contributed by atoms with Crippen molar-refractivity contribution in [2.45, 2.75) is 33.7 Å². The van der Waals surface area contributed by atoms with E-state index in [1.807, 2.05) is 6.07 Å². The van der Waals surface area contributed by atoms with Crippen molar-refractivity contribution in [3.05, 3.63) is 23.8 Å². The Morgan fingerprint density at radius 3 is 2.44 bits per heavy atom. The molecule has 0 aliphatic rings. The number of hydrogen-bond donors (Lipinski definition) is 1. The first kappa shape index (κ1) is 12.6. The summed E-state index contributed by atoms with van der Waals surface area (Å²) >= 11 is 0. The normalized spacial score (nSPS) is 10.6. The molecular formula is C13H19NO2. The van der Waals surface area contributed by atoms with Crippen molar-refractivity contribution in [1.29, 1.82) is 0 Å². The summed E-state index contributed by atoms with van der Waals surface area (Å²) in [5.41, 5.74) is 1.32. The van der Waals surface area contributed by atoms with Crippen molar-refractivity contribution in [1.82, 2.24) is 0 Å². The molecule has 3 heteroatoms. The fourth-order valence-electron chi connectivity index (χ4n) is 1.84. The Hall–Kier alpha value is -1.51. The van der Waals surface area contributed by atoms with Crippen LogP contribution in [0, 0.1) is 0 Å². The number of carbonyl (C=O) groups is 1. The molecule has 0 saturated heterocycles. The van der Waals surface area contributed by atoms with Gasteiger partial charge in [-0.1, -0.05) is 0 Å². The third-order valence-electron chi connectivity index (χ3n) is 2.66. The summed E-state index contributed by atoms with van der Waals surface area (Å²) < 4.78 is 0. The number of rotatable bonds is 4. The van der Waals surface area contributed by atoms with Gasteiger partial charge in [-0.05, 0) is 39.8 Å². The Morgan fingerprint density at radius 2 is 2.06 bits per heavy atom. The summed E-state index contributed by atoms with van der Waals surface area (Å²) in [5.74, 6) is -0.0549. The molecule has 0 saturated carbocycles. The second-order valence-electron chi connectivity index (χ2n) is 4.14. The molecule has 1 N–H and O–H groups in total. The van der Waals surface area contributed by atoms with Crippen LogP contribution in [0.2, 0.25) is 0 Å². The molecule has 0 heterocycles. The molecule has 0 bridgehead atoms. The number of aromatic hydroxyl groups is 1. The molecule has 0 fully saturated rings. The van der Waals surface area contributed by atoms with E-state index in [1.54, 1.807) is 12.1 Å². The molecule has 0 aliphatic heterocycles. The van der Waals surface area contributed by atoms with Crippen LogP contribution in [0.1, 0.15) is 38.1 Å². The molecule has 0 amide bonds. The van der Waals surface area contributed by atoms with Gasteiger partial charge in [-0.3, -0.25) is 4.79 Å². The lowest BCUT2D eigenvalue weighted by Gasteiger charge is -2.27. The second-order valence-corrected chi connectivity index (χ2v) is 4.14. The molecule has 16 heavy (non-hydrogen) atoms. The lowest BCUT2D eigenvalue weighted by molar-refractivity contribution is 0.101. The quantitative estimate of drug-likeness (QED) is 0.795. The molecule has 1 rings (SSSR count). The van der Waals surface area contributed by atoms with E-state index in [2.05, 4.69) is 25.7 Å². The number of benzene rings is 1. The van der Waals surface area contributed by atoms with Crippen molar-refractivity contribution in [3.8, 4) is 5.75 Å². The predicted molar refractivity (Wildman–Crippen MR) is 66.3 cm³/mol. The highest BCUT2D eigenvalue weighted by molar-refractivity contribution is 5.97. The minimum atomic E-state index is -0.114. The van der Waals surface area contributed by atoms with E-state index in [9.17, 15) is 9.90 Å². The average molecular weight is 221 g/mol. The van der Waals surface area contributed by atoms with Gasteiger partial charge in [0.2, 0.25) is 0 Å². The van der Waals surface area contributed by atoms with E-state index in [0.29, 0.717) is 11.6 Å². The molecule has 0 aliphatic carbocycles. The van der Waals surface area contributed by atoms with Crippen molar-refractivity contribution >= 4 is 11.5 Å². The third kappa shape index (κ3) is 2.54. The number of nitrogens with zero attached hydrogens (tertiary/aromatic N) is 1. The van der Waals surface area contributed by atoms with Gasteiger partial charge in [-0.25, -0.2) is 0 Å². The van der Waals surface area contributed by atoms with Gasteiger partial charge in [-0.2, -0.15) is 0 Å². The zero-order valence-electron chi connectivity index (χ0n) is 10.3. The molecule has 0 atom stereocenters. The molecule has 1 aromatic rings. The molecular weight excluding hydrogens is 202 g/mol. The third-order valence-corrected chi connectivity index (χ3v) is 2.66. The van der Waals surface area contributed by atoms with Crippen LogP contribution >= 0.6 is 0 Å². The van der Waals surface area contributed by atoms with Crippen molar-refractivity contribution in [2.75, 3.05) is 11.4 Å². The number of anilines is 1. The van der Waals surface area contributed by atoms with Gasteiger partial charge in [0.25, 0.3) is 0 Å². The Balaban J connectivity index is 3.09. The van der Waals surface area contributed by atoms with Gasteiger partial charge in [0.05, 0.1) is 5.56 Å². The van der Waals surface area contributed by atoms with Crippen LogP contribution in [0.4, 0.5) is 5.69 Å². The SMILES string of the molecule is CCN(c1ccc(C(C)=O)c(O)c1)C(C)C. The van der Waals surface area contributed by atoms with Crippen LogP contribution in [0.5, 0.6) is 5.75 Å². The summed E-state index contributed by atoms with van der Waals surface area (Å²) in [6, 6.07) is 5.57. The fraction of sp³-hybridized carbons (Fsp3) is 0.462. The Morgan fingerprint density at radius 1 is 1.44 bits per heavy atom. The van der Waals surface area contributed by atoms with Crippen molar-refractivity contribution in [2.24, 2.45) is 0 Å². The topological polar surface area (TPSA) is 40.5 Å². The summed E-state index contributed by atoms with van der Waals surface area (Å²) in [6.07, 6.45) is 0. The molecule has 3 nitrogen and oxygen atoms in total. The van der Waals surface area contributed by atoms with Crippen LogP contribution in [0.15, 0.2) is 18.2 Å². The van der Waals surface area contributed by atoms with Crippen LogP contribution in [0.3, 0.4) is 0 Å². The highest BCUT2D eigenvalue weighted by atomic mass is 16.3. The lowest BCUT2D eigenvalue weighted by Crippen LogP contribution is -2.30. The van der Waals surface area contributed by atoms with Gasteiger partial charge < -0.3 is 10.0 Å². The first-order valence-electron chi connectivity index (χ1n) is 5.58. The summed E-state index contributed by atoms with van der Waals surface area (Å²) in [4.78, 5) is 13.3. The maximum Gasteiger partial charge on any atom is 0.163 e. The molecule has 0 aromatic heterocycles. The number of Topliss-reactive ketones (excluding diaryl/α,β-unsaturated/α-hetero) is 1. The van der Waals surface area contributed by atoms with E-state index >= 15 is 0 Å². The van der Waals surface area contributed by atoms with Gasteiger partial charge in [0.1, 0.15) is 5.75 Å². The summed E-state index contributed by atoms with van der Waals surface area (Å²) in [5, 5.41) is 9.74. The van der Waals surface area contributed by atoms with E-state index in [4.69, 9.17) is 0 Å². The van der Waals surface area contributed by atoms with E-state index in [0.717, 1.165) is 12.2 Å². The van der Waals surface area contributed by atoms with E-state index in [-0.39, 0.29) is 11.5 Å². The first-order valence-corrected chi connectivity index (χ1v) is 5.58. The molecule has 0 spiro atoms. The van der Waals surface area contributed by atoms with E-state index < -0.39 is 0 Å². The number of hydrogen-bond acceptors (Lipinski definition) is 3. The van der Waals surface area contributed by atoms with Crippen molar-refractivity contribution in [3.63, 3.8) is 0 Å². The summed E-state index contributed by atoms with van der Waals surface area (Å²) in [7, 11) is 0. The minimum Gasteiger partial charge on any atom is -0.507 e. The maximum absolute atomic E-state index is 11.2. The van der Waals surface area contributed by atoms with Crippen LogP contribution < -0.4 is 4.90 Å². The first-order chi connectivity index (χ1) is 7.47. The van der Waals surface area contributed by atoms with Gasteiger partial charge in [0, 0.05) is 24.3 Å². The molecule has 0 unspecified atom stereocenters. The van der Waals surface area contributed by atoms with E-state index in [1.165, 1.54) is 6.92 Å². The average Bonchev–Trinajstić information content (AvgIpc) is 2.17. The number of ketones is 1. The molecule has 1 aromatic carbocycles. The van der Waals surface area contributed by atoms with Crippen LogP contribution in [-0.4, -0.2) is 23.5 Å². The minimum absolute atomic E-state index is 0.0594. The lowest BCUT2D eigenvalue weighted by atomic mass is 10.1. The smallest absolute Gasteiger partial charge is 0.163 e. The Kier molecular flexibility index (Phi) is 3.93. The largest absolute Gasteiger partial charge is 0.507 e. The number of phenols is 1. The van der Waals surface area contributed by atoms with Gasteiger partial charge >= 0.3 is 0 Å². The van der Waals surface area contributed by atoms with Crippen molar-refractivity contribution < 1.29 is 9.90 Å². The Bertz CT molecular complexity index is 386. The zero-order valence-corrected chi connectivity index (χ0v) is 10.3. The van der Waals surface area contributed by atoms with Crippen LogP contribution in [-0.2, 0) is 0 Å². The monoisotopic (exact) mass is 221 g/mol. The second kappa shape index (κ2) is 5.01. The standard InChI is InChI=1S/C13H19NO2/c1-5-14(9(2)3)11-6-7-12(10(4)15)13(16)8-11/h6-9,16H,5H2,1-4H3. The summed E-state index contributed by atoms with van der Waals surface area (Å²) in [6.45, 7) is 8.58. The zero-order chi connectivity index (χ0) is 12.3. The molecule has 0 radical (unpaired) electrons. The maximum atomic E-state index is 11.2. The molecule has 88 valence electrons. The Labute approximate surface area is 96.7 Å². The fourth-order valence-corrected chi connectivity index (χ4v) is 1.84. The highest BCUT2D eigenvalue weighted by Gasteiger charge is 2.12. The van der Waals surface area contributed by atoms with Gasteiger partial charge in [-0.15, -0.1) is 0 Å². The number of carbonyl (C=O) groups excluding carboxylic acids is 1. The van der Waals surface area contributed by atoms with Crippen LogP contribution in [0.25, 0.3) is 0 Å².